The molecule has 1 aromatic carbocycles. The predicted molar refractivity (Wildman–Crippen MR) is 75.0 cm³/mol. The summed E-state index contributed by atoms with van der Waals surface area (Å²) in [5.41, 5.74) is 1.29. The van der Waals surface area contributed by atoms with Gasteiger partial charge in [0.2, 0.25) is 0 Å². The van der Waals surface area contributed by atoms with Crippen molar-refractivity contribution >= 4 is 5.91 Å². The van der Waals surface area contributed by atoms with Gasteiger partial charge in [0, 0.05) is 24.8 Å². The van der Waals surface area contributed by atoms with E-state index in [0.717, 1.165) is 0 Å². The van der Waals surface area contributed by atoms with Crippen LogP contribution >= 0.6 is 0 Å². The predicted octanol–water partition coefficient (Wildman–Crippen LogP) is 1.56. The standard InChI is InChI=1S/C15H16FN3O2/c1-11-13(8-17-10-18-11)15(21)19(6-7-20)9-12-4-2-3-5-14(12)16/h2-5,8,10,20H,6-7,9H2,1H3. The number of amides is 1. The zero-order valence-corrected chi connectivity index (χ0v) is 11.7. The monoisotopic (exact) mass is 289 g/mol. The summed E-state index contributed by atoms with van der Waals surface area (Å²) in [6.45, 7) is 1.70. The molecule has 2 rings (SSSR count). The average molecular weight is 289 g/mol. The molecule has 0 bridgehead atoms. The number of aliphatic hydroxyl groups is 1. The molecule has 0 aliphatic carbocycles. The second-order valence-corrected chi connectivity index (χ2v) is 4.56. The van der Waals surface area contributed by atoms with Crippen LogP contribution in [0.2, 0.25) is 0 Å². The number of aromatic nitrogens is 2. The zero-order valence-electron chi connectivity index (χ0n) is 11.7. The van der Waals surface area contributed by atoms with Crippen LogP contribution in [0.3, 0.4) is 0 Å². The molecule has 21 heavy (non-hydrogen) atoms. The highest BCUT2D eigenvalue weighted by molar-refractivity contribution is 5.94. The average Bonchev–Trinajstić information content (AvgIpc) is 2.49. The number of carbonyl (C=O) groups excluding carboxylic acids is 1. The summed E-state index contributed by atoms with van der Waals surface area (Å²) in [6, 6.07) is 6.25. The molecule has 2 aromatic rings. The molecule has 6 heteroatoms. The summed E-state index contributed by atoms with van der Waals surface area (Å²) in [5.74, 6) is -0.709. The van der Waals surface area contributed by atoms with E-state index in [9.17, 15) is 9.18 Å². The fourth-order valence-corrected chi connectivity index (χ4v) is 1.98. The Balaban J connectivity index is 2.25. The molecule has 0 aliphatic rings. The number of hydrogen-bond acceptors (Lipinski definition) is 4. The molecule has 0 fully saturated rings. The van der Waals surface area contributed by atoms with E-state index < -0.39 is 0 Å². The normalized spacial score (nSPS) is 10.4. The Morgan fingerprint density at radius 1 is 1.38 bits per heavy atom. The Kier molecular flexibility index (Phi) is 4.94. The lowest BCUT2D eigenvalue weighted by Crippen LogP contribution is -2.34. The van der Waals surface area contributed by atoms with Crippen LogP contribution in [-0.2, 0) is 6.54 Å². The van der Waals surface area contributed by atoms with Gasteiger partial charge in [0.1, 0.15) is 12.1 Å². The Bertz CT molecular complexity index is 634. The van der Waals surface area contributed by atoms with Gasteiger partial charge in [-0.2, -0.15) is 0 Å². The maximum absolute atomic E-state index is 13.7. The van der Waals surface area contributed by atoms with Crippen molar-refractivity contribution in [3.63, 3.8) is 0 Å². The molecule has 0 saturated heterocycles. The summed E-state index contributed by atoms with van der Waals surface area (Å²) in [5, 5.41) is 9.13. The van der Waals surface area contributed by atoms with Gasteiger partial charge in [-0.25, -0.2) is 14.4 Å². The highest BCUT2D eigenvalue weighted by Gasteiger charge is 2.19. The lowest BCUT2D eigenvalue weighted by atomic mass is 10.1. The number of hydrogen-bond donors (Lipinski definition) is 1. The van der Waals surface area contributed by atoms with Crippen LogP contribution in [-0.4, -0.2) is 39.0 Å². The smallest absolute Gasteiger partial charge is 0.257 e. The molecule has 0 unspecified atom stereocenters. The molecule has 110 valence electrons. The van der Waals surface area contributed by atoms with Crippen LogP contribution < -0.4 is 0 Å². The largest absolute Gasteiger partial charge is 0.395 e. The van der Waals surface area contributed by atoms with Gasteiger partial charge < -0.3 is 10.0 Å². The molecule has 5 nitrogen and oxygen atoms in total. The topological polar surface area (TPSA) is 66.3 Å². The number of halogens is 1. The minimum absolute atomic E-state index is 0.0837. The van der Waals surface area contributed by atoms with E-state index in [0.29, 0.717) is 16.8 Å². The van der Waals surface area contributed by atoms with E-state index in [-0.39, 0.29) is 31.4 Å². The number of rotatable bonds is 5. The Morgan fingerprint density at radius 2 is 2.14 bits per heavy atom. The minimum atomic E-state index is -0.380. The van der Waals surface area contributed by atoms with Gasteiger partial charge >= 0.3 is 0 Å². The van der Waals surface area contributed by atoms with Gasteiger partial charge in [-0.3, -0.25) is 4.79 Å². The van der Waals surface area contributed by atoms with Gasteiger partial charge in [-0.15, -0.1) is 0 Å². The third-order valence-corrected chi connectivity index (χ3v) is 3.12. The maximum atomic E-state index is 13.7. The second-order valence-electron chi connectivity index (χ2n) is 4.56. The minimum Gasteiger partial charge on any atom is -0.395 e. The molecule has 0 atom stereocenters. The number of carbonyl (C=O) groups is 1. The van der Waals surface area contributed by atoms with Gasteiger partial charge in [0.15, 0.2) is 0 Å². The van der Waals surface area contributed by atoms with Gasteiger partial charge in [-0.05, 0) is 13.0 Å². The lowest BCUT2D eigenvalue weighted by Gasteiger charge is -2.22. The van der Waals surface area contributed by atoms with Crippen molar-refractivity contribution in [3.8, 4) is 0 Å². The van der Waals surface area contributed by atoms with Gasteiger partial charge in [0.25, 0.3) is 5.91 Å². The summed E-state index contributed by atoms with van der Waals surface area (Å²) in [7, 11) is 0. The maximum Gasteiger partial charge on any atom is 0.257 e. The van der Waals surface area contributed by atoms with Crippen molar-refractivity contribution in [1.29, 1.82) is 0 Å². The molecule has 0 aliphatic heterocycles. The van der Waals surface area contributed by atoms with Crippen LogP contribution in [0.5, 0.6) is 0 Å². The van der Waals surface area contributed by atoms with Crippen molar-refractivity contribution in [2.45, 2.75) is 13.5 Å². The summed E-state index contributed by atoms with van der Waals surface area (Å²) >= 11 is 0. The third kappa shape index (κ3) is 3.61. The van der Waals surface area contributed by atoms with E-state index in [1.165, 1.54) is 23.5 Å². The summed E-state index contributed by atoms with van der Waals surface area (Å²) < 4.78 is 13.7. The van der Waals surface area contributed by atoms with Crippen LogP contribution in [0.15, 0.2) is 36.8 Å². The van der Waals surface area contributed by atoms with Crippen molar-refractivity contribution in [3.05, 3.63) is 59.4 Å². The number of nitrogens with zero attached hydrogens (tertiary/aromatic N) is 3. The van der Waals surface area contributed by atoms with E-state index in [4.69, 9.17) is 5.11 Å². The molecule has 0 radical (unpaired) electrons. The first kappa shape index (κ1) is 15.1. The molecule has 1 heterocycles. The third-order valence-electron chi connectivity index (χ3n) is 3.12. The molecular weight excluding hydrogens is 273 g/mol. The SMILES string of the molecule is Cc1ncncc1C(=O)N(CCO)Cc1ccccc1F. The Labute approximate surface area is 122 Å². The van der Waals surface area contributed by atoms with Gasteiger partial charge in [0.05, 0.1) is 17.9 Å². The molecule has 1 amide bonds. The van der Waals surface area contributed by atoms with E-state index in [2.05, 4.69) is 9.97 Å². The first-order valence-electron chi connectivity index (χ1n) is 6.53. The zero-order chi connectivity index (χ0) is 15.2. The first-order valence-corrected chi connectivity index (χ1v) is 6.53. The number of aryl methyl sites for hydroxylation is 1. The molecule has 0 saturated carbocycles. The highest BCUT2D eigenvalue weighted by Crippen LogP contribution is 2.13. The van der Waals surface area contributed by atoms with E-state index >= 15 is 0 Å². The van der Waals surface area contributed by atoms with Crippen LogP contribution in [0.25, 0.3) is 0 Å². The fourth-order valence-electron chi connectivity index (χ4n) is 1.98. The fraction of sp³-hybridized carbons (Fsp3) is 0.267. The Morgan fingerprint density at radius 3 is 2.81 bits per heavy atom. The number of benzene rings is 1. The summed E-state index contributed by atoms with van der Waals surface area (Å²) in [4.78, 5) is 21.7. The van der Waals surface area contributed by atoms with Crippen LogP contribution in [0, 0.1) is 12.7 Å². The van der Waals surface area contributed by atoms with Crippen molar-refractivity contribution in [1.82, 2.24) is 14.9 Å². The first-order chi connectivity index (χ1) is 10.1. The van der Waals surface area contributed by atoms with Crippen molar-refractivity contribution < 1.29 is 14.3 Å². The number of aliphatic hydroxyl groups excluding tert-OH is 1. The summed E-state index contributed by atoms with van der Waals surface area (Å²) in [6.07, 6.45) is 2.79. The van der Waals surface area contributed by atoms with Crippen molar-refractivity contribution in [2.75, 3.05) is 13.2 Å². The van der Waals surface area contributed by atoms with Gasteiger partial charge in [-0.1, -0.05) is 18.2 Å². The van der Waals surface area contributed by atoms with Crippen LogP contribution in [0.1, 0.15) is 21.6 Å². The molecule has 0 spiro atoms. The van der Waals surface area contributed by atoms with E-state index in [1.807, 2.05) is 0 Å². The Hall–Kier alpha value is -2.34. The molecule has 1 N–H and O–H groups in total. The van der Waals surface area contributed by atoms with Crippen LogP contribution in [0.4, 0.5) is 4.39 Å². The highest BCUT2D eigenvalue weighted by atomic mass is 19.1. The molecule has 1 aromatic heterocycles. The van der Waals surface area contributed by atoms with E-state index in [1.54, 1.807) is 25.1 Å². The quantitative estimate of drug-likeness (QED) is 0.907. The lowest BCUT2D eigenvalue weighted by molar-refractivity contribution is 0.0704. The van der Waals surface area contributed by atoms with Crippen molar-refractivity contribution in [2.24, 2.45) is 0 Å². The molecular formula is C15H16FN3O2. The second kappa shape index (κ2) is 6.90.